The Morgan fingerprint density at radius 2 is 1.95 bits per heavy atom. The van der Waals surface area contributed by atoms with Crippen LogP contribution in [-0.2, 0) is 4.79 Å². The molecule has 1 aromatic heterocycles. The second-order valence-corrected chi connectivity index (χ2v) is 5.12. The predicted molar refractivity (Wildman–Crippen MR) is 79.4 cm³/mol. The monoisotopic (exact) mass is 291 g/mol. The van der Waals surface area contributed by atoms with Crippen LogP contribution in [0.25, 0.3) is 10.4 Å². The first-order valence-electron chi connectivity index (χ1n) is 5.49. The van der Waals surface area contributed by atoms with Crippen molar-refractivity contribution in [3.05, 3.63) is 42.0 Å². The van der Waals surface area contributed by atoms with Gasteiger partial charge >= 0.3 is 0 Å². The molecule has 0 saturated carbocycles. The quantitative estimate of drug-likeness (QED) is 0.909. The van der Waals surface area contributed by atoms with E-state index in [1.54, 1.807) is 6.07 Å². The Kier molecular flexibility index (Phi) is 4.24. The minimum atomic E-state index is -0.571. The maximum Gasteiger partial charge on any atom is 0.251 e. The third-order valence-corrected chi connectivity index (χ3v) is 3.80. The number of nitrogens with two attached hydrogens (primary N) is 1. The van der Waals surface area contributed by atoms with Gasteiger partial charge in [-0.05, 0) is 11.6 Å². The van der Waals surface area contributed by atoms with Gasteiger partial charge in [-0.25, -0.2) is 0 Å². The number of carbonyl (C=O) groups is 2. The van der Waals surface area contributed by atoms with Crippen LogP contribution in [0.1, 0.15) is 10.4 Å². The molecule has 2 rings (SSSR count). The summed E-state index contributed by atoms with van der Waals surface area (Å²) in [4.78, 5) is 23.6. The summed E-state index contributed by atoms with van der Waals surface area (Å²) in [5, 5.41) is 3.05. The van der Waals surface area contributed by atoms with E-state index in [0.717, 1.165) is 10.4 Å². The van der Waals surface area contributed by atoms with Crippen molar-refractivity contribution in [1.29, 1.82) is 0 Å². The Morgan fingerprint density at radius 1 is 1.26 bits per heavy atom. The third-order valence-electron chi connectivity index (χ3n) is 2.44. The maximum absolute atomic E-state index is 11.4. The molecule has 0 aliphatic carbocycles. The van der Waals surface area contributed by atoms with Crippen LogP contribution in [0.3, 0.4) is 0 Å². The predicted octanol–water partition coefficient (Wildman–Crippen LogP) is 2.65. The van der Waals surface area contributed by atoms with Crippen molar-refractivity contribution in [3.8, 4) is 10.4 Å². The first-order chi connectivity index (χ1) is 9.11. The molecule has 6 heteroatoms. The molecule has 3 N–H and O–H groups in total. The Morgan fingerprint density at radius 3 is 2.53 bits per heavy atom. The Hall–Kier alpha value is -1.79. The lowest BCUT2D eigenvalue weighted by atomic mass is 10.1. The van der Waals surface area contributed by atoms with E-state index in [2.05, 4.69) is 17.9 Å². The number of benzene rings is 1. The maximum atomic E-state index is 11.4. The number of thiophene rings is 1. The van der Waals surface area contributed by atoms with Crippen molar-refractivity contribution in [2.24, 2.45) is 5.73 Å². The molecule has 0 spiro atoms. The molecular weight excluding hydrogens is 280 g/mol. The van der Waals surface area contributed by atoms with Crippen LogP contribution in [0.15, 0.2) is 36.4 Å². The molecule has 0 aliphatic rings. The lowest BCUT2D eigenvalue weighted by molar-refractivity contribution is -0.113. The van der Waals surface area contributed by atoms with Crippen LogP contribution in [0.5, 0.6) is 0 Å². The second kappa shape index (κ2) is 5.90. The topological polar surface area (TPSA) is 72.2 Å². The van der Waals surface area contributed by atoms with Crippen molar-refractivity contribution < 1.29 is 9.59 Å². The van der Waals surface area contributed by atoms with E-state index in [9.17, 15) is 9.59 Å². The molecule has 0 fully saturated rings. The van der Waals surface area contributed by atoms with Gasteiger partial charge in [0.1, 0.15) is 5.00 Å². The van der Waals surface area contributed by atoms with Gasteiger partial charge in [-0.3, -0.25) is 9.59 Å². The normalized spacial score (nSPS) is 10.2. The van der Waals surface area contributed by atoms with Crippen LogP contribution in [0.2, 0.25) is 0 Å². The molecule has 0 bridgehead atoms. The molecule has 2 amide bonds. The Labute approximate surface area is 120 Å². The molecule has 4 nitrogen and oxygen atoms in total. The van der Waals surface area contributed by atoms with Gasteiger partial charge in [0.2, 0.25) is 5.91 Å². The van der Waals surface area contributed by atoms with Crippen molar-refractivity contribution in [2.45, 2.75) is 0 Å². The van der Waals surface area contributed by atoms with E-state index in [-0.39, 0.29) is 11.7 Å². The van der Waals surface area contributed by atoms with E-state index in [1.165, 1.54) is 11.3 Å². The average molecular weight is 291 g/mol. The van der Waals surface area contributed by atoms with Crippen molar-refractivity contribution in [3.63, 3.8) is 0 Å². The highest BCUT2D eigenvalue weighted by Gasteiger charge is 2.16. The fraction of sp³-hybridized carbons (Fsp3) is 0.0769. The largest absolute Gasteiger partial charge is 0.366 e. The average Bonchev–Trinajstić information content (AvgIpc) is 2.83. The molecule has 19 heavy (non-hydrogen) atoms. The highest BCUT2D eigenvalue weighted by atomic mass is 32.1. The third kappa shape index (κ3) is 3.15. The van der Waals surface area contributed by atoms with Gasteiger partial charge in [0, 0.05) is 4.88 Å². The van der Waals surface area contributed by atoms with Crippen molar-refractivity contribution in [2.75, 3.05) is 11.1 Å². The second-order valence-electron chi connectivity index (χ2n) is 3.78. The fourth-order valence-electron chi connectivity index (χ4n) is 1.57. The molecule has 0 atom stereocenters. The van der Waals surface area contributed by atoms with Gasteiger partial charge in [-0.15, -0.1) is 11.3 Å². The Bertz CT molecular complexity index is 608. The van der Waals surface area contributed by atoms with Gasteiger partial charge in [-0.1, -0.05) is 43.0 Å². The number of rotatable bonds is 4. The van der Waals surface area contributed by atoms with E-state index in [0.29, 0.717) is 10.6 Å². The molecule has 0 saturated heterocycles. The number of hydrogen-bond acceptors (Lipinski definition) is 3. The first-order valence-corrected chi connectivity index (χ1v) is 6.88. The standard InChI is InChI=1S/C13H11N2O2S2/c14-12(17)9-6-10(8-4-2-1-3-5-8)19-13(9)15-11(16)7-18/h1-6H,7H2,(H2,14,17)(H,15,16). The van der Waals surface area contributed by atoms with Crippen LogP contribution < -0.4 is 11.1 Å². The lowest BCUT2D eigenvalue weighted by Crippen LogP contribution is -2.16. The van der Waals surface area contributed by atoms with Gasteiger partial charge < -0.3 is 11.1 Å². The summed E-state index contributed by atoms with van der Waals surface area (Å²) in [5.74, 6) is -0.950. The number of amides is 2. The highest BCUT2D eigenvalue weighted by Crippen LogP contribution is 2.35. The highest BCUT2D eigenvalue weighted by molar-refractivity contribution is 7.81. The van der Waals surface area contributed by atoms with Gasteiger partial charge in [0.15, 0.2) is 0 Å². The number of hydrogen-bond donors (Lipinski definition) is 2. The van der Waals surface area contributed by atoms with E-state index in [1.807, 2.05) is 30.3 Å². The molecule has 1 radical (unpaired) electrons. The smallest absolute Gasteiger partial charge is 0.251 e. The summed E-state index contributed by atoms with van der Waals surface area (Å²) in [6, 6.07) is 11.2. The number of anilines is 1. The number of carbonyl (C=O) groups excluding carboxylic acids is 2. The van der Waals surface area contributed by atoms with Crippen molar-refractivity contribution in [1.82, 2.24) is 0 Å². The van der Waals surface area contributed by atoms with Gasteiger partial charge in [-0.2, -0.15) is 0 Å². The summed E-state index contributed by atoms with van der Waals surface area (Å²) in [5.41, 5.74) is 6.59. The minimum absolute atomic E-state index is 0.0588. The minimum Gasteiger partial charge on any atom is -0.366 e. The molecular formula is C13H11N2O2S2. The molecule has 2 aromatic rings. The van der Waals surface area contributed by atoms with E-state index < -0.39 is 5.91 Å². The van der Waals surface area contributed by atoms with E-state index in [4.69, 9.17) is 5.73 Å². The van der Waals surface area contributed by atoms with Crippen LogP contribution in [-0.4, -0.2) is 17.6 Å². The zero-order valence-electron chi connectivity index (χ0n) is 9.88. The molecule has 1 heterocycles. The lowest BCUT2D eigenvalue weighted by Gasteiger charge is -2.00. The number of primary amides is 1. The zero-order valence-corrected chi connectivity index (χ0v) is 11.5. The molecule has 0 aliphatic heterocycles. The van der Waals surface area contributed by atoms with Crippen molar-refractivity contribution >= 4 is 40.8 Å². The fourth-order valence-corrected chi connectivity index (χ4v) is 2.73. The number of nitrogens with one attached hydrogen (secondary N) is 1. The SMILES string of the molecule is NC(=O)c1cc(-c2ccccc2)sc1NC(=O)C[S]. The summed E-state index contributed by atoms with van der Waals surface area (Å²) in [6.07, 6.45) is 0. The van der Waals surface area contributed by atoms with Gasteiger partial charge in [0.05, 0.1) is 11.3 Å². The first kappa shape index (κ1) is 13.6. The summed E-state index contributed by atoms with van der Waals surface area (Å²) >= 11 is 5.97. The molecule has 0 unspecified atom stereocenters. The summed E-state index contributed by atoms with van der Waals surface area (Å²) in [6.45, 7) is 0. The van der Waals surface area contributed by atoms with Crippen LogP contribution in [0.4, 0.5) is 5.00 Å². The molecule has 1 aromatic carbocycles. The molecule has 97 valence electrons. The Balaban J connectivity index is 2.41. The summed E-state index contributed by atoms with van der Waals surface area (Å²) < 4.78 is 0. The van der Waals surface area contributed by atoms with Gasteiger partial charge in [0.25, 0.3) is 5.91 Å². The van der Waals surface area contributed by atoms with E-state index >= 15 is 0 Å². The van der Waals surface area contributed by atoms with Crippen LogP contribution >= 0.6 is 24.0 Å². The zero-order chi connectivity index (χ0) is 13.8. The van der Waals surface area contributed by atoms with Crippen LogP contribution in [0, 0.1) is 0 Å². The summed E-state index contributed by atoms with van der Waals surface area (Å²) in [7, 11) is 0.